The number of aromatic nitrogens is 2. The number of rotatable bonds is 13. The normalized spacial score (nSPS) is 10.8. The molecule has 0 bridgehead atoms. The van der Waals surface area contributed by atoms with Crippen LogP contribution < -0.4 is 14.8 Å². The van der Waals surface area contributed by atoms with Crippen LogP contribution in [-0.4, -0.2) is 28.7 Å². The minimum Gasteiger partial charge on any atom is -0.493 e. The number of unbranched alkanes of at least 4 members (excludes halogenated alkanes) is 1. The predicted molar refractivity (Wildman–Crippen MR) is 144 cm³/mol. The minimum atomic E-state index is -0.213. The molecule has 0 spiro atoms. The van der Waals surface area contributed by atoms with E-state index in [-0.39, 0.29) is 12.5 Å². The molecular weight excluding hydrogens is 474 g/mol. The Bertz CT molecular complexity index is 1300. The number of fused-ring (bicyclic) bond motifs is 1. The van der Waals surface area contributed by atoms with Gasteiger partial charge in [-0.3, -0.25) is 4.79 Å². The van der Waals surface area contributed by atoms with Gasteiger partial charge in [-0.2, -0.15) is 0 Å². The quantitative estimate of drug-likeness (QED) is 0.180. The zero-order valence-electron chi connectivity index (χ0n) is 20.2. The van der Waals surface area contributed by atoms with Gasteiger partial charge in [-0.1, -0.05) is 48.0 Å². The van der Waals surface area contributed by atoms with Crippen LogP contribution in [0.4, 0.5) is 0 Å². The molecule has 1 amide bonds. The van der Waals surface area contributed by atoms with Gasteiger partial charge in [0.15, 0.2) is 6.61 Å². The molecule has 4 rings (SSSR count). The number of nitrogens with one attached hydrogen (secondary N) is 1. The molecule has 7 heteroatoms. The van der Waals surface area contributed by atoms with Crippen LogP contribution in [0.3, 0.4) is 0 Å². The van der Waals surface area contributed by atoms with Gasteiger partial charge in [0.1, 0.15) is 17.3 Å². The zero-order chi connectivity index (χ0) is 25.2. The lowest BCUT2D eigenvalue weighted by Crippen LogP contribution is -2.29. The maximum Gasteiger partial charge on any atom is 0.258 e. The van der Waals surface area contributed by atoms with Gasteiger partial charge in [0.2, 0.25) is 0 Å². The molecule has 1 N–H and O–H groups in total. The maximum absolute atomic E-state index is 12.4. The molecule has 1 heterocycles. The number of ether oxygens (including phenoxy) is 2. The lowest BCUT2D eigenvalue weighted by atomic mass is 10.1. The van der Waals surface area contributed by atoms with Gasteiger partial charge < -0.3 is 19.4 Å². The van der Waals surface area contributed by atoms with Crippen LogP contribution in [-0.2, 0) is 24.3 Å². The number of para-hydroxylation sites is 3. The smallest absolute Gasteiger partial charge is 0.258 e. The molecule has 0 aliphatic heterocycles. The van der Waals surface area contributed by atoms with Gasteiger partial charge >= 0.3 is 0 Å². The van der Waals surface area contributed by atoms with Crippen molar-refractivity contribution in [3.8, 4) is 11.5 Å². The van der Waals surface area contributed by atoms with Crippen molar-refractivity contribution in [1.29, 1.82) is 0 Å². The van der Waals surface area contributed by atoms with E-state index in [1.807, 2.05) is 42.5 Å². The number of allylic oxidation sites excluding steroid dienone is 1. The Morgan fingerprint density at radius 1 is 1.00 bits per heavy atom. The molecule has 0 aliphatic rings. The van der Waals surface area contributed by atoms with Gasteiger partial charge in [0.25, 0.3) is 5.91 Å². The molecule has 0 saturated heterocycles. The minimum absolute atomic E-state index is 0.0769. The number of halogens is 1. The van der Waals surface area contributed by atoms with Gasteiger partial charge in [0, 0.05) is 11.6 Å². The largest absolute Gasteiger partial charge is 0.493 e. The Morgan fingerprint density at radius 3 is 2.61 bits per heavy atom. The van der Waals surface area contributed by atoms with Gasteiger partial charge in [-0.05, 0) is 67.3 Å². The first-order chi connectivity index (χ1) is 17.6. The van der Waals surface area contributed by atoms with E-state index in [1.54, 1.807) is 24.3 Å². The van der Waals surface area contributed by atoms with Crippen LogP contribution >= 0.6 is 11.6 Å². The van der Waals surface area contributed by atoms with Gasteiger partial charge in [-0.15, -0.1) is 6.58 Å². The predicted octanol–water partition coefficient (Wildman–Crippen LogP) is 5.97. The molecule has 6 nitrogen and oxygen atoms in total. The van der Waals surface area contributed by atoms with E-state index in [0.717, 1.165) is 54.0 Å². The topological polar surface area (TPSA) is 65.4 Å². The van der Waals surface area contributed by atoms with E-state index in [0.29, 0.717) is 23.9 Å². The van der Waals surface area contributed by atoms with Gasteiger partial charge in [-0.25, -0.2) is 4.98 Å². The maximum atomic E-state index is 12.4. The number of nitrogens with zero attached hydrogens (tertiary/aromatic N) is 2. The summed E-state index contributed by atoms with van der Waals surface area (Å²) in [6.07, 6.45) is 4.49. The number of aryl methyl sites for hydroxylation is 1. The SMILES string of the molecule is C=CCc1ccccc1OCCCCn1c(CNC(=O)COc2ccc(Cl)cc2)nc2ccccc21. The first kappa shape index (κ1) is 25.3. The number of amides is 1. The van der Waals surface area contributed by atoms with Crippen molar-refractivity contribution >= 4 is 28.5 Å². The highest BCUT2D eigenvalue weighted by molar-refractivity contribution is 6.30. The fourth-order valence-corrected chi connectivity index (χ4v) is 4.07. The summed E-state index contributed by atoms with van der Waals surface area (Å²) in [5, 5.41) is 3.54. The van der Waals surface area contributed by atoms with Crippen LogP contribution in [0.1, 0.15) is 24.2 Å². The number of carbonyl (C=O) groups excluding carboxylic acids is 1. The Hall–Kier alpha value is -3.77. The number of imidazole rings is 1. The molecule has 0 unspecified atom stereocenters. The van der Waals surface area contributed by atoms with Crippen molar-refractivity contribution in [3.05, 3.63) is 102 Å². The Balaban J connectivity index is 1.30. The summed E-state index contributed by atoms with van der Waals surface area (Å²) in [6.45, 7) is 5.48. The summed E-state index contributed by atoms with van der Waals surface area (Å²) in [5.41, 5.74) is 3.11. The van der Waals surface area contributed by atoms with E-state index in [2.05, 4.69) is 28.6 Å². The molecular formula is C29H30ClN3O3. The van der Waals surface area contributed by atoms with Crippen molar-refractivity contribution in [2.24, 2.45) is 0 Å². The fraction of sp³-hybridized carbons (Fsp3) is 0.241. The van der Waals surface area contributed by atoms with E-state index in [9.17, 15) is 4.79 Å². The molecule has 186 valence electrons. The number of hydrogen-bond donors (Lipinski definition) is 1. The average Bonchev–Trinajstić information content (AvgIpc) is 3.25. The zero-order valence-corrected chi connectivity index (χ0v) is 20.9. The molecule has 3 aromatic carbocycles. The van der Waals surface area contributed by atoms with Crippen molar-refractivity contribution in [2.75, 3.05) is 13.2 Å². The highest BCUT2D eigenvalue weighted by Gasteiger charge is 2.12. The van der Waals surface area contributed by atoms with Crippen LogP contribution in [0.15, 0.2) is 85.5 Å². The number of hydrogen-bond acceptors (Lipinski definition) is 4. The van der Waals surface area contributed by atoms with Crippen LogP contribution in [0.25, 0.3) is 11.0 Å². The second-order valence-corrected chi connectivity index (χ2v) is 8.78. The summed E-state index contributed by atoms with van der Waals surface area (Å²) < 4.78 is 13.7. The second-order valence-electron chi connectivity index (χ2n) is 8.34. The highest BCUT2D eigenvalue weighted by atomic mass is 35.5. The lowest BCUT2D eigenvalue weighted by Gasteiger charge is -2.12. The summed E-state index contributed by atoms with van der Waals surface area (Å²) in [6, 6.07) is 23.0. The van der Waals surface area contributed by atoms with Crippen molar-refractivity contribution in [2.45, 2.75) is 32.4 Å². The van der Waals surface area contributed by atoms with Gasteiger partial charge in [0.05, 0.1) is 24.2 Å². The fourth-order valence-electron chi connectivity index (χ4n) is 3.94. The molecule has 36 heavy (non-hydrogen) atoms. The summed E-state index contributed by atoms with van der Waals surface area (Å²) in [5.74, 6) is 2.11. The Kier molecular flexibility index (Phi) is 9.00. The third-order valence-electron chi connectivity index (χ3n) is 5.73. The third-order valence-corrected chi connectivity index (χ3v) is 5.98. The van der Waals surface area contributed by atoms with Crippen molar-refractivity contribution < 1.29 is 14.3 Å². The van der Waals surface area contributed by atoms with E-state index in [1.165, 1.54) is 0 Å². The molecule has 0 saturated carbocycles. The molecule has 4 aromatic rings. The first-order valence-corrected chi connectivity index (χ1v) is 12.4. The Morgan fingerprint density at radius 2 is 1.78 bits per heavy atom. The van der Waals surface area contributed by atoms with Crippen LogP contribution in [0, 0.1) is 0 Å². The van der Waals surface area contributed by atoms with E-state index in [4.69, 9.17) is 26.1 Å². The van der Waals surface area contributed by atoms with Crippen molar-refractivity contribution in [3.63, 3.8) is 0 Å². The summed E-state index contributed by atoms with van der Waals surface area (Å²) in [4.78, 5) is 17.1. The molecule has 0 fully saturated rings. The summed E-state index contributed by atoms with van der Waals surface area (Å²) >= 11 is 5.89. The first-order valence-electron chi connectivity index (χ1n) is 12.0. The van der Waals surface area contributed by atoms with Crippen LogP contribution in [0.5, 0.6) is 11.5 Å². The van der Waals surface area contributed by atoms with Crippen molar-refractivity contribution in [1.82, 2.24) is 14.9 Å². The third kappa shape index (κ3) is 6.89. The molecule has 1 aromatic heterocycles. The molecule has 0 radical (unpaired) electrons. The lowest BCUT2D eigenvalue weighted by molar-refractivity contribution is -0.123. The standard InChI is InChI=1S/C29H30ClN3O3/c1-2-9-22-10-3-6-13-27(22)35-19-8-7-18-33-26-12-5-4-11-25(26)32-28(33)20-31-29(34)21-36-24-16-14-23(30)15-17-24/h2-6,10-17H,1,7-9,18-21H2,(H,31,34). The monoisotopic (exact) mass is 503 g/mol. The number of carbonyl (C=O) groups is 1. The molecule has 0 atom stereocenters. The number of benzene rings is 3. The highest BCUT2D eigenvalue weighted by Crippen LogP contribution is 2.20. The molecule has 0 aliphatic carbocycles. The van der Waals surface area contributed by atoms with Crippen LogP contribution in [0.2, 0.25) is 5.02 Å². The average molecular weight is 504 g/mol. The van der Waals surface area contributed by atoms with E-state index < -0.39 is 0 Å². The van der Waals surface area contributed by atoms with E-state index >= 15 is 0 Å². The summed E-state index contributed by atoms with van der Waals surface area (Å²) in [7, 11) is 0. The Labute approximate surface area is 216 Å². The second kappa shape index (κ2) is 12.8.